The molecule has 0 aliphatic rings. The summed E-state index contributed by atoms with van der Waals surface area (Å²) in [7, 11) is 0. The van der Waals surface area contributed by atoms with Gasteiger partial charge in [-0.05, 0) is 35.5 Å². The largest absolute Gasteiger partial charge is 0.351 e. The van der Waals surface area contributed by atoms with Gasteiger partial charge in [0.2, 0.25) is 0 Å². The molecule has 1 aromatic heterocycles. The van der Waals surface area contributed by atoms with Crippen LogP contribution in [0.15, 0.2) is 47.6 Å². The monoisotopic (exact) mass is 379 g/mol. The van der Waals surface area contributed by atoms with E-state index in [2.05, 4.69) is 16.4 Å². The van der Waals surface area contributed by atoms with Crippen molar-refractivity contribution in [3.8, 4) is 6.07 Å². The van der Waals surface area contributed by atoms with E-state index < -0.39 is 11.7 Å². The van der Waals surface area contributed by atoms with Gasteiger partial charge in [0.1, 0.15) is 5.03 Å². The fourth-order valence-electron chi connectivity index (χ4n) is 2.01. The second-order valence-electron chi connectivity index (χ2n) is 4.81. The van der Waals surface area contributed by atoms with Gasteiger partial charge in [0.25, 0.3) is 11.7 Å². The third-order valence-corrected chi connectivity index (χ3v) is 4.88. The maximum atomic E-state index is 12.5. The predicted octanol–water partition coefficient (Wildman–Crippen LogP) is 3.93. The summed E-state index contributed by atoms with van der Waals surface area (Å²) >= 11 is 1.84. The number of nitrogens with one attached hydrogen (secondary N) is 1. The zero-order valence-corrected chi connectivity index (χ0v) is 14.7. The zero-order valence-electron chi connectivity index (χ0n) is 13.1. The number of pyridine rings is 1. The molecule has 0 spiro atoms. The van der Waals surface area contributed by atoms with Crippen molar-refractivity contribution in [2.45, 2.75) is 16.5 Å². The average molecular weight is 379 g/mol. The molecule has 2 rings (SSSR count). The zero-order chi connectivity index (χ0) is 18.1. The van der Waals surface area contributed by atoms with Gasteiger partial charge in [-0.25, -0.2) is 4.98 Å². The van der Waals surface area contributed by atoms with Gasteiger partial charge in [0.15, 0.2) is 0 Å². The Hall–Kier alpha value is -2.11. The molecule has 8 heteroatoms. The molecule has 0 bridgehead atoms. The Morgan fingerprint density at radius 2 is 2.08 bits per heavy atom. The molecule has 0 saturated carbocycles. The normalized spacial score (nSPS) is 10.5. The molecular weight excluding hydrogens is 364 g/mol. The van der Waals surface area contributed by atoms with Crippen molar-refractivity contribution in [1.29, 1.82) is 5.26 Å². The van der Waals surface area contributed by atoms with E-state index in [9.17, 15) is 13.6 Å². The molecule has 130 valence electrons. The van der Waals surface area contributed by atoms with E-state index in [1.165, 1.54) is 18.3 Å². The summed E-state index contributed by atoms with van der Waals surface area (Å²) in [5.41, 5.74) is 1.74. The minimum absolute atomic E-state index is 0.0191. The van der Waals surface area contributed by atoms with Crippen molar-refractivity contribution >= 4 is 29.4 Å². The molecule has 25 heavy (non-hydrogen) atoms. The lowest BCUT2D eigenvalue weighted by atomic mass is 10.1. The van der Waals surface area contributed by atoms with E-state index >= 15 is 0 Å². The van der Waals surface area contributed by atoms with Crippen molar-refractivity contribution in [2.24, 2.45) is 0 Å². The van der Waals surface area contributed by atoms with E-state index in [1.54, 1.807) is 17.8 Å². The summed E-state index contributed by atoms with van der Waals surface area (Å²) in [6.45, 7) is 0.395. The fraction of sp³-hybridized carbons (Fsp3) is 0.235. The van der Waals surface area contributed by atoms with Gasteiger partial charge < -0.3 is 5.32 Å². The van der Waals surface area contributed by atoms with Gasteiger partial charge in [-0.2, -0.15) is 25.8 Å². The fourth-order valence-corrected chi connectivity index (χ4v) is 3.45. The molecule has 2 aromatic rings. The van der Waals surface area contributed by atoms with Crippen molar-refractivity contribution in [1.82, 2.24) is 10.3 Å². The lowest BCUT2D eigenvalue weighted by Gasteiger charge is -2.09. The molecule has 0 aliphatic carbocycles. The number of carbonyl (C=O) groups excluding carboxylic acids is 1. The highest BCUT2D eigenvalue weighted by atomic mass is 32.2. The quantitative estimate of drug-likeness (QED) is 0.556. The number of benzene rings is 1. The summed E-state index contributed by atoms with van der Waals surface area (Å²) in [6, 6.07) is 12.5. The Labute approximate surface area is 153 Å². The van der Waals surface area contributed by atoms with Crippen molar-refractivity contribution in [2.75, 3.05) is 12.3 Å². The third kappa shape index (κ3) is 6.03. The molecule has 1 N–H and O–H groups in total. The van der Waals surface area contributed by atoms with E-state index in [4.69, 9.17) is 5.26 Å². The summed E-state index contributed by atoms with van der Waals surface area (Å²) in [6.07, 6.45) is 1.38. The second kappa shape index (κ2) is 10.0. The maximum absolute atomic E-state index is 12.5. The van der Waals surface area contributed by atoms with Crippen LogP contribution >= 0.6 is 23.5 Å². The number of rotatable bonds is 8. The van der Waals surface area contributed by atoms with Crippen LogP contribution in [0.1, 0.15) is 21.5 Å². The number of hydrogen-bond acceptors (Lipinski definition) is 5. The van der Waals surface area contributed by atoms with Crippen LogP contribution in [-0.4, -0.2) is 28.9 Å². The molecule has 1 aromatic carbocycles. The smallest absolute Gasteiger partial charge is 0.290 e. The second-order valence-corrected chi connectivity index (χ2v) is 6.90. The SMILES string of the molecule is N#Cc1ccccc1CSCCNC(=O)c1cccnc1SC(F)F. The number of alkyl halides is 2. The van der Waals surface area contributed by atoms with Gasteiger partial charge in [-0.15, -0.1) is 0 Å². The molecule has 0 unspecified atom stereocenters. The maximum Gasteiger partial charge on any atom is 0.290 e. The van der Waals surface area contributed by atoms with Gasteiger partial charge in [0, 0.05) is 24.2 Å². The molecule has 1 heterocycles. The highest BCUT2D eigenvalue weighted by Crippen LogP contribution is 2.26. The standard InChI is InChI=1S/C17H15F2N3OS2/c18-17(19)25-16-14(6-3-7-22-16)15(23)21-8-9-24-11-13-5-2-1-4-12(13)10-20/h1-7,17H,8-9,11H2,(H,21,23). The molecule has 0 aliphatic heterocycles. The van der Waals surface area contributed by atoms with Crippen molar-refractivity contribution < 1.29 is 13.6 Å². The number of amides is 1. The third-order valence-electron chi connectivity index (χ3n) is 3.14. The first-order chi connectivity index (χ1) is 12.1. The van der Waals surface area contributed by atoms with E-state index in [1.807, 2.05) is 18.2 Å². The number of nitrogens with zero attached hydrogens (tertiary/aromatic N) is 2. The number of thioether (sulfide) groups is 2. The first-order valence-electron chi connectivity index (χ1n) is 7.35. The molecule has 0 radical (unpaired) electrons. The molecule has 1 amide bonds. The molecule has 4 nitrogen and oxygen atoms in total. The van der Waals surface area contributed by atoms with Gasteiger partial charge in [-0.3, -0.25) is 4.79 Å². The average Bonchev–Trinajstić information content (AvgIpc) is 2.61. The summed E-state index contributed by atoms with van der Waals surface area (Å²) in [5.74, 6) is -1.74. The molecular formula is C17H15F2N3OS2. The van der Waals surface area contributed by atoms with Crippen LogP contribution in [0.4, 0.5) is 8.78 Å². The van der Waals surface area contributed by atoms with Crippen LogP contribution in [0.3, 0.4) is 0 Å². The van der Waals surface area contributed by atoms with Crippen LogP contribution in [0.5, 0.6) is 0 Å². The highest BCUT2D eigenvalue weighted by Gasteiger charge is 2.16. The van der Waals surface area contributed by atoms with Crippen LogP contribution in [0, 0.1) is 11.3 Å². The Bertz CT molecular complexity index is 766. The van der Waals surface area contributed by atoms with E-state index in [0.717, 1.165) is 5.56 Å². The molecule has 0 fully saturated rings. The minimum atomic E-state index is -2.63. The Kier molecular flexibility index (Phi) is 7.70. The first kappa shape index (κ1) is 19.2. The number of aromatic nitrogens is 1. The van der Waals surface area contributed by atoms with Gasteiger partial charge in [-0.1, -0.05) is 18.2 Å². The number of carbonyl (C=O) groups is 1. The summed E-state index contributed by atoms with van der Waals surface area (Å²) < 4.78 is 25.0. The number of halogens is 2. The predicted molar refractivity (Wildman–Crippen MR) is 95.8 cm³/mol. The van der Waals surface area contributed by atoms with Crippen LogP contribution in [0.25, 0.3) is 0 Å². The lowest BCUT2D eigenvalue weighted by Crippen LogP contribution is -2.26. The van der Waals surface area contributed by atoms with Crippen molar-refractivity contribution in [3.05, 3.63) is 59.3 Å². The van der Waals surface area contributed by atoms with E-state index in [0.29, 0.717) is 23.6 Å². The van der Waals surface area contributed by atoms with Crippen LogP contribution in [0.2, 0.25) is 0 Å². The van der Waals surface area contributed by atoms with Crippen molar-refractivity contribution in [3.63, 3.8) is 0 Å². The molecule has 0 atom stereocenters. The first-order valence-corrected chi connectivity index (χ1v) is 9.39. The Morgan fingerprint density at radius 3 is 2.84 bits per heavy atom. The number of hydrogen-bond donors (Lipinski definition) is 1. The van der Waals surface area contributed by atoms with Crippen LogP contribution < -0.4 is 5.32 Å². The Balaban J connectivity index is 1.81. The molecule has 0 saturated heterocycles. The summed E-state index contributed by atoms with van der Waals surface area (Å²) in [4.78, 5) is 15.9. The lowest BCUT2D eigenvalue weighted by molar-refractivity contribution is 0.0952. The van der Waals surface area contributed by atoms with Gasteiger partial charge >= 0.3 is 0 Å². The van der Waals surface area contributed by atoms with E-state index in [-0.39, 0.29) is 22.4 Å². The highest BCUT2D eigenvalue weighted by molar-refractivity contribution is 7.99. The van der Waals surface area contributed by atoms with Gasteiger partial charge in [0.05, 0.1) is 17.2 Å². The number of nitriles is 1. The Morgan fingerprint density at radius 1 is 1.28 bits per heavy atom. The topological polar surface area (TPSA) is 65.8 Å². The minimum Gasteiger partial charge on any atom is -0.351 e. The summed E-state index contributed by atoms with van der Waals surface area (Å²) in [5, 5.41) is 11.8. The van der Waals surface area contributed by atoms with Crippen LogP contribution in [-0.2, 0) is 5.75 Å².